The van der Waals surface area contributed by atoms with Crippen molar-refractivity contribution >= 4 is 15.7 Å². The molecule has 90 valence electrons. The zero-order valence-corrected chi connectivity index (χ0v) is 9.62. The fourth-order valence-corrected chi connectivity index (χ4v) is 2.44. The molecule has 0 amide bonds. The molecule has 17 heavy (non-hydrogen) atoms. The summed E-state index contributed by atoms with van der Waals surface area (Å²) in [6.45, 7) is 1.59. The molecule has 0 spiro atoms. The quantitative estimate of drug-likeness (QED) is 0.803. The van der Waals surface area contributed by atoms with Gasteiger partial charge >= 0.3 is 0 Å². The maximum absolute atomic E-state index is 12.6. The van der Waals surface area contributed by atoms with E-state index >= 15 is 0 Å². The van der Waals surface area contributed by atoms with Crippen molar-refractivity contribution in [2.45, 2.75) is 11.8 Å². The van der Waals surface area contributed by atoms with Gasteiger partial charge in [0.2, 0.25) is 5.95 Å². The molecule has 2 heterocycles. The monoisotopic (exact) mass is 256 g/mol. The Hall–Kier alpha value is -1.96. The first kappa shape index (κ1) is 11.5. The first-order valence-corrected chi connectivity index (χ1v) is 6.12. The van der Waals surface area contributed by atoms with Crippen molar-refractivity contribution in [1.29, 1.82) is 0 Å². The van der Waals surface area contributed by atoms with Gasteiger partial charge in [-0.05, 0) is 19.1 Å². The van der Waals surface area contributed by atoms with Gasteiger partial charge in [0, 0.05) is 0 Å². The minimum atomic E-state index is -3.72. The summed E-state index contributed by atoms with van der Waals surface area (Å²) in [4.78, 5) is 3.39. The molecule has 6 nitrogen and oxygen atoms in total. The lowest BCUT2D eigenvalue weighted by atomic mass is 10.4. The molecule has 0 atom stereocenters. The van der Waals surface area contributed by atoms with Gasteiger partial charge in [0.1, 0.15) is 4.90 Å². The number of pyridine rings is 1. The highest BCUT2D eigenvalue weighted by atomic mass is 32.2. The second-order valence-electron chi connectivity index (χ2n) is 3.33. The number of rotatable bonds is 3. The summed E-state index contributed by atoms with van der Waals surface area (Å²) in [7, 11) is -3.72. The van der Waals surface area contributed by atoms with Gasteiger partial charge in [0.15, 0.2) is 0 Å². The molecule has 2 aromatic rings. The summed E-state index contributed by atoms with van der Waals surface area (Å²) in [5.41, 5.74) is 0.611. The van der Waals surface area contributed by atoms with Gasteiger partial charge in [0.05, 0.1) is 23.8 Å². The molecule has 0 unspecified atom stereocenters. The Labute approximate surface area is 96.9 Å². The first-order chi connectivity index (χ1) is 7.99. The van der Waals surface area contributed by atoms with Gasteiger partial charge in [-0.25, -0.2) is 13.4 Å². The van der Waals surface area contributed by atoms with E-state index in [-0.39, 0.29) is 10.6 Å². The molecule has 0 aliphatic heterocycles. The summed E-state index contributed by atoms with van der Waals surface area (Å²) < 4.78 is 38.6. The molecule has 0 saturated heterocycles. The summed E-state index contributed by atoms with van der Waals surface area (Å²) >= 11 is 0. The summed E-state index contributed by atoms with van der Waals surface area (Å²) in [6, 6.07) is 2.36. The normalized spacial score (nSPS) is 11.4. The van der Waals surface area contributed by atoms with E-state index in [9.17, 15) is 12.8 Å². The molecule has 0 aliphatic rings. The Morgan fingerprint density at radius 3 is 2.65 bits per heavy atom. The number of H-pyrrole nitrogens is 1. The lowest BCUT2D eigenvalue weighted by molar-refractivity contribution is 0.583. The Balaban J connectivity index is 2.30. The average Bonchev–Trinajstić information content (AvgIpc) is 2.68. The molecule has 0 aliphatic carbocycles. The number of halogens is 1. The lowest BCUT2D eigenvalue weighted by Gasteiger charge is -2.06. The van der Waals surface area contributed by atoms with E-state index in [0.29, 0.717) is 5.69 Å². The van der Waals surface area contributed by atoms with Crippen LogP contribution in [0.4, 0.5) is 10.1 Å². The van der Waals surface area contributed by atoms with E-state index in [2.05, 4.69) is 19.9 Å². The van der Waals surface area contributed by atoms with Gasteiger partial charge in [0.25, 0.3) is 10.0 Å². The van der Waals surface area contributed by atoms with Crippen LogP contribution in [0, 0.1) is 12.9 Å². The lowest BCUT2D eigenvalue weighted by Crippen LogP contribution is -2.13. The summed E-state index contributed by atoms with van der Waals surface area (Å²) in [5, 5.41) is 6.15. The van der Waals surface area contributed by atoms with E-state index in [0.717, 1.165) is 12.3 Å². The van der Waals surface area contributed by atoms with Crippen LogP contribution in [0.5, 0.6) is 0 Å². The maximum Gasteiger partial charge on any atom is 0.265 e. The molecule has 2 N–H and O–H groups in total. The third-order valence-corrected chi connectivity index (χ3v) is 3.55. The van der Waals surface area contributed by atoms with Crippen LogP contribution in [-0.2, 0) is 10.0 Å². The molecule has 8 heteroatoms. The van der Waals surface area contributed by atoms with Crippen molar-refractivity contribution < 1.29 is 12.8 Å². The molecule has 2 rings (SSSR count). The average molecular weight is 256 g/mol. The third kappa shape index (κ3) is 2.41. The van der Waals surface area contributed by atoms with Gasteiger partial charge in [-0.15, -0.1) is 0 Å². The van der Waals surface area contributed by atoms with E-state index in [1.807, 2.05) is 0 Å². The van der Waals surface area contributed by atoms with Gasteiger partial charge in [-0.3, -0.25) is 9.82 Å². The Morgan fingerprint density at radius 1 is 1.35 bits per heavy atom. The molecule has 0 radical (unpaired) electrons. The minimum absolute atomic E-state index is 0.0434. The molecule has 0 fully saturated rings. The molecule has 0 aromatic carbocycles. The standard InChI is InChI=1S/C9H9FN4O2S/c1-6-8(5-12-13-6)17(15,16)14-7-2-3-9(10)11-4-7/h2-5,14H,1H3,(H,12,13). The molecular weight excluding hydrogens is 247 g/mol. The summed E-state index contributed by atoms with van der Waals surface area (Å²) in [6.07, 6.45) is 2.30. The number of anilines is 1. The number of nitrogens with one attached hydrogen (secondary N) is 2. The smallest absolute Gasteiger partial charge is 0.265 e. The topological polar surface area (TPSA) is 87.7 Å². The van der Waals surface area contributed by atoms with E-state index in [1.54, 1.807) is 6.92 Å². The van der Waals surface area contributed by atoms with E-state index in [4.69, 9.17) is 0 Å². The van der Waals surface area contributed by atoms with Crippen molar-refractivity contribution in [3.05, 3.63) is 36.2 Å². The zero-order chi connectivity index (χ0) is 12.5. The number of hydrogen-bond donors (Lipinski definition) is 2. The van der Waals surface area contributed by atoms with Gasteiger partial charge < -0.3 is 0 Å². The predicted molar refractivity (Wildman–Crippen MR) is 58.3 cm³/mol. The van der Waals surface area contributed by atoms with E-state index in [1.165, 1.54) is 12.3 Å². The zero-order valence-electron chi connectivity index (χ0n) is 8.81. The van der Waals surface area contributed by atoms with E-state index < -0.39 is 16.0 Å². The molecule has 2 aromatic heterocycles. The van der Waals surface area contributed by atoms with Crippen LogP contribution >= 0.6 is 0 Å². The van der Waals surface area contributed by atoms with Gasteiger partial charge in [-0.2, -0.15) is 9.49 Å². The van der Waals surface area contributed by atoms with Crippen molar-refractivity contribution in [2.24, 2.45) is 0 Å². The predicted octanol–water partition coefficient (Wildman–Crippen LogP) is 1.05. The van der Waals surface area contributed by atoms with Crippen LogP contribution in [0.25, 0.3) is 0 Å². The maximum atomic E-state index is 12.6. The van der Waals surface area contributed by atoms with Crippen molar-refractivity contribution in [2.75, 3.05) is 4.72 Å². The highest BCUT2D eigenvalue weighted by Crippen LogP contribution is 2.16. The largest absolute Gasteiger partial charge is 0.281 e. The number of aryl methyl sites for hydroxylation is 1. The fraction of sp³-hybridized carbons (Fsp3) is 0.111. The fourth-order valence-electron chi connectivity index (χ4n) is 1.26. The SMILES string of the molecule is Cc1[nH]ncc1S(=O)(=O)Nc1ccc(F)nc1. The number of aromatic nitrogens is 3. The third-order valence-electron chi connectivity index (χ3n) is 2.05. The first-order valence-electron chi connectivity index (χ1n) is 4.63. The van der Waals surface area contributed by atoms with Crippen molar-refractivity contribution in [1.82, 2.24) is 15.2 Å². The Kier molecular flexibility index (Phi) is 2.80. The molecule has 0 saturated carbocycles. The van der Waals surface area contributed by atoms with Crippen LogP contribution < -0.4 is 4.72 Å². The number of hydrogen-bond acceptors (Lipinski definition) is 4. The van der Waals surface area contributed by atoms with Crippen LogP contribution in [0.15, 0.2) is 29.4 Å². The van der Waals surface area contributed by atoms with Crippen molar-refractivity contribution in [3.8, 4) is 0 Å². The highest BCUT2D eigenvalue weighted by molar-refractivity contribution is 7.92. The highest BCUT2D eigenvalue weighted by Gasteiger charge is 2.18. The molecule has 0 bridgehead atoms. The number of nitrogens with zero attached hydrogens (tertiary/aromatic N) is 2. The number of sulfonamides is 1. The van der Waals surface area contributed by atoms with Crippen molar-refractivity contribution in [3.63, 3.8) is 0 Å². The van der Waals surface area contributed by atoms with Crippen LogP contribution in [-0.4, -0.2) is 23.6 Å². The Bertz CT molecular complexity index is 621. The minimum Gasteiger partial charge on any atom is -0.281 e. The van der Waals surface area contributed by atoms with Gasteiger partial charge in [-0.1, -0.05) is 0 Å². The molecular formula is C9H9FN4O2S. The summed E-state index contributed by atoms with van der Waals surface area (Å²) in [5.74, 6) is -0.674. The number of aromatic amines is 1. The Morgan fingerprint density at radius 2 is 2.12 bits per heavy atom. The van der Waals surface area contributed by atoms with Crippen LogP contribution in [0.3, 0.4) is 0 Å². The second-order valence-corrected chi connectivity index (χ2v) is 4.99. The van der Waals surface area contributed by atoms with Crippen LogP contribution in [0.2, 0.25) is 0 Å². The second kappa shape index (κ2) is 4.13. The van der Waals surface area contributed by atoms with Crippen LogP contribution in [0.1, 0.15) is 5.69 Å².